The first kappa shape index (κ1) is 11.5. The lowest BCUT2D eigenvalue weighted by atomic mass is 10.1. The minimum atomic E-state index is -2.37. The van der Waals surface area contributed by atoms with Crippen molar-refractivity contribution < 1.29 is 13.6 Å². The average Bonchev–Trinajstić information content (AvgIpc) is 1.84. The SMILES string of the molecule is CC(C)C(=O)CN(C)CC(F)F. The number of alkyl halides is 2. The van der Waals surface area contributed by atoms with E-state index in [-0.39, 0.29) is 24.8 Å². The first-order chi connectivity index (χ1) is 5.43. The summed E-state index contributed by atoms with van der Waals surface area (Å²) in [4.78, 5) is 12.4. The summed E-state index contributed by atoms with van der Waals surface area (Å²) >= 11 is 0. The largest absolute Gasteiger partial charge is 0.298 e. The second-order valence-electron chi connectivity index (χ2n) is 3.21. The number of rotatable bonds is 5. The molecule has 0 bridgehead atoms. The number of Topliss-reactive ketones (excluding diaryl/α,β-unsaturated/α-hetero) is 1. The molecule has 0 fully saturated rings. The molecule has 0 radical (unpaired) electrons. The van der Waals surface area contributed by atoms with Gasteiger partial charge in [0.05, 0.1) is 13.1 Å². The molecule has 0 heterocycles. The van der Waals surface area contributed by atoms with E-state index in [9.17, 15) is 13.6 Å². The highest BCUT2D eigenvalue weighted by atomic mass is 19.3. The third kappa shape index (κ3) is 5.18. The molecule has 0 atom stereocenters. The van der Waals surface area contributed by atoms with Gasteiger partial charge in [0.2, 0.25) is 0 Å². The van der Waals surface area contributed by atoms with Crippen molar-refractivity contribution in [3.63, 3.8) is 0 Å². The molecular formula is C8H15F2NO. The van der Waals surface area contributed by atoms with Crippen LogP contribution in [0.25, 0.3) is 0 Å². The Morgan fingerprint density at radius 1 is 1.42 bits per heavy atom. The lowest BCUT2D eigenvalue weighted by Crippen LogP contribution is -2.32. The van der Waals surface area contributed by atoms with E-state index >= 15 is 0 Å². The van der Waals surface area contributed by atoms with Crippen LogP contribution in [0.1, 0.15) is 13.8 Å². The molecule has 0 aromatic rings. The molecule has 0 N–H and O–H groups in total. The summed E-state index contributed by atoms with van der Waals surface area (Å²) in [7, 11) is 1.52. The Hall–Kier alpha value is -0.510. The molecule has 0 aliphatic rings. The van der Waals surface area contributed by atoms with Crippen LogP contribution in [0.15, 0.2) is 0 Å². The van der Waals surface area contributed by atoms with Crippen molar-refractivity contribution in [3.8, 4) is 0 Å². The molecule has 0 aromatic carbocycles. The van der Waals surface area contributed by atoms with Crippen molar-refractivity contribution >= 4 is 5.78 Å². The minimum Gasteiger partial charge on any atom is -0.298 e. The molecule has 0 aromatic heterocycles. The maximum Gasteiger partial charge on any atom is 0.251 e. The Kier molecular flexibility index (Phi) is 4.97. The van der Waals surface area contributed by atoms with Crippen LogP contribution in [0, 0.1) is 5.92 Å². The van der Waals surface area contributed by atoms with E-state index in [2.05, 4.69) is 0 Å². The highest BCUT2D eigenvalue weighted by Gasteiger charge is 2.13. The Balaban J connectivity index is 3.69. The van der Waals surface area contributed by atoms with Crippen molar-refractivity contribution in [2.24, 2.45) is 5.92 Å². The van der Waals surface area contributed by atoms with Gasteiger partial charge in [-0.15, -0.1) is 0 Å². The number of likely N-dealkylation sites (N-methyl/N-ethyl adjacent to an activating group) is 1. The zero-order chi connectivity index (χ0) is 9.72. The summed E-state index contributed by atoms with van der Waals surface area (Å²) in [6, 6.07) is 0. The standard InChI is InChI=1S/C8H15F2NO/c1-6(2)7(12)4-11(3)5-8(9)10/h6,8H,4-5H2,1-3H3. The predicted molar refractivity (Wildman–Crippen MR) is 43.3 cm³/mol. The molecule has 4 heteroatoms. The van der Waals surface area contributed by atoms with Crippen molar-refractivity contribution in [1.29, 1.82) is 0 Å². The smallest absolute Gasteiger partial charge is 0.251 e. The van der Waals surface area contributed by atoms with E-state index in [0.717, 1.165) is 0 Å². The fourth-order valence-corrected chi connectivity index (χ4v) is 0.749. The molecule has 0 spiro atoms. The number of halogens is 2. The maximum absolute atomic E-state index is 11.8. The molecule has 0 aliphatic heterocycles. The lowest BCUT2D eigenvalue weighted by molar-refractivity contribution is -0.123. The van der Waals surface area contributed by atoms with E-state index in [1.165, 1.54) is 11.9 Å². The molecule has 0 amide bonds. The van der Waals surface area contributed by atoms with Crippen LogP contribution in [0.2, 0.25) is 0 Å². The zero-order valence-corrected chi connectivity index (χ0v) is 7.68. The van der Waals surface area contributed by atoms with Gasteiger partial charge < -0.3 is 0 Å². The Morgan fingerprint density at radius 2 is 1.92 bits per heavy atom. The fraction of sp³-hybridized carbons (Fsp3) is 0.875. The quantitative estimate of drug-likeness (QED) is 0.636. The summed E-state index contributed by atoms with van der Waals surface area (Å²) in [5.41, 5.74) is 0. The molecule has 12 heavy (non-hydrogen) atoms. The minimum absolute atomic E-state index is 0.00171. The summed E-state index contributed by atoms with van der Waals surface area (Å²) in [5, 5.41) is 0. The fourth-order valence-electron chi connectivity index (χ4n) is 0.749. The van der Waals surface area contributed by atoms with Gasteiger partial charge in [-0.25, -0.2) is 8.78 Å². The summed E-state index contributed by atoms with van der Waals surface area (Å²) < 4.78 is 23.6. The van der Waals surface area contributed by atoms with Crippen LogP contribution in [-0.2, 0) is 4.79 Å². The maximum atomic E-state index is 11.8. The third-order valence-corrected chi connectivity index (χ3v) is 1.52. The van der Waals surface area contributed by atoms with Crippen molar-refractivity contribution in [1.82, 2.24) is 4.90 Å². The van der Waals surface area contributed by atoms with Crippen LogP contribution < -0.4 is 0 Å². The number of hydrogen-bond acceptors (Lipinski definition) is 2. The average molecular weight is 179 g/mol. The highest BCUT2D eigenvalue weighted by molar-refractivity contribution is 5.82. The van der Waals surface area contributed by atoms with Crippen LogP contribution in [0.3, 0.4) is 0 Å². The number of ketones is 1. The monoisotopic (exact) mass is 179 g/mol. The van der Waals surface area contributed by atoms with Crippen LogP contribution in [0.5, 0.6) is 0 Å². The van der Waals surface area contributed by atoms with Crippen LogP contribution in [0.4, 0.5) is 8.78 Å². The van der Waals surface area contributed by atoms with Gasteiger partial charge in [-0.1, -0.05) is 13.8 Å². The summed E-state index contributed by atoms with van der Waals surface area (Å²) in [6.07, 6.45) is -2.37. The third-order valence-electron chi connectivity index (χ3n) is 1.52. The van der Waals surface area contributed by atoms with Crippen LogP contribution in [-0.4, -0.2) is 37.2 Å². The molecule has 0 saturated carbocycles. The molecule has 2 nitrogen and oxygen atoms in total. The van der Waals surface area contributed by atoms with Gasteiger partial charge in [0.1, 0.15) is 5.78 Å². The van der Waals surface area contributed by atoms with Gasteiger partial charge in [-0.2, -0.15) is 0 Å². The molecule has 0 unspecified atom stereocenters. The molecule has 0 saturated heterocycles. The van der Waals surface area contributed by atoms with E-state index in [4.69, 9.17) is 0 Å². The van der Waals surface area contributed by atoms with Crippen molar-refractivity contribution in [2.75, 3.05) is 20.1 Å². The Labute approximate surface area is 71.5 Å². The number of hydrogen-bond donors (Lipinski definition) is 0. The second kappa shape index (κ2) is 5.19. The van der Waals surface area contributed by atoms with Gasteiger partial charge in [-0.05, 0) is 7.05 Å². The molecule has 0 aliphatic carbocycles. The second-order valence-corrected chi connectivity index (χ2v) is 3.21. The summed E-state index contributed by atoms with van der Waals surface area (Å²) in [5.74, 6) is -0.0803. The highest BCUT2D eigenvalue weighted by Crippen LogP contribution is 1.99. The van der Waals surface area contributed by atoms with Gasteiger partial charge in [-0.3, -0.25) is 9.69 Å². The summed E-state index contributed by atoms with van der Waals surface area (Å²) in [6.45, 7) is 3.30. The Bertz CT molecular complexity index is 148. The topological polar surface area (TPSA) is 20.3 Å². The van der Waals surface area contributed by atoms with Gasteiger partial charge in [0.15, 0.2) is 0 Å². The number of nitrogens with zero attached hydrogens (tertiary/aromatic N) is 1. The van der Waals surface area contributed by atoms with Gasteiger partial charge in [0, 0.05) is 5.92 Å². The molecule has 72 valence electrons. The van der Waals surface area contributed by atoms with Gasteiger partial charge >= 0.3 is 0 Å². The normalized spacial score (nSPS) is 11.7. The lowest BCUT2D eigenvalue weighted by Gasteiger charge is -2.15. The van der Waals surface area contributed by atoms with E-state index in [1.54, 1.807) is 13.8 Å². The van der Waals surface area contributed by atoms with E-state index in [0.29, 0.717) is 0 Å². The zero-order valence-electron chi connectivity index (χ0n) is 7.68. The predicted octanol–water partition coefficient (Wildman–Crippen LogP) is 1.41. The number of carbonyl (C=O) groups is 1. The number of carbonyl (C=O) groups excluding carboxylic acids is 1. The van der Waals surface area contributed by atoms with E-state index in [1.807, 2.05) is 0 Å². The Morgan fingerprint density at radius 3 is 2.25 bits per heavy atom. The first-order valence-corrected chi connectivity index (χ1v) is 3.93. The van der Waals surface area contributed by atoms with Crippen molar-refractivity contribution in [2.45, 2.75) is 20.3 Å². The van der Waals surface area contributed by atoms with Crippen LogP contribution >= 0.6 is 0 Å². The van der Waals surface area contributed by atoms with Crippen molar-refractivity contribution in [3.05, 3.63) is 0 Å². The molecular weight excluding hydrogens is 164 g/mol. The van der Waals surface area contributed by atoms with E-state index < -0.39 is 6.43 Å². The van der Waals surface area contributed by atoms with Gasteiger partial charge in [0.25, 0.3) is 6.43 Å². The molecule has 0 rings (SSSR count). The first-order valence-electron chi connectivity index (χ1n) is 3.93.